The van der Waals surface area contributed by atoms with Crippen LogP contribution in [-0.2, 0) is 15.9 Å². The van der Waals surface area contributed by atoms with Crippen LogP contribution < -0.4 is 10.1 Å². The van der Waals surface area contributed by atoms with Gasteiger partial charge in [0.1, 0.15) is 5.75 Å². The highest BCUT2D eigenvalue weighted by Gasteiger charge is 2.23. The lowest BCUT2D eigenvalue weighted by Gasteiger charge is -2.19. The van der Waals surface area contributed by atoms with Crippen molar-refractivity contribution in [1.82, 2.24) is 5.32 Å². The van der Waals surface area contributed by atoms with Crippen LogP contribution in [0, 0.1) is 0 Å². The van der Waals surface area contributed by atoms with Crippen molar-refractivity contribution in [3.63, 3.8) is 0 Å². The molecule has 0 aromatic heterocycles. The summed E-state index contributed by atoms with van der Waals surface area (Å²) in [6.45, 7) is 1.41. The fourth-order valence-corrected chi connectivity index (χ4v) is 2.59. The SMILES string of the molecule is COCC(CNC1CCc2ccc(OC)cc21)OC. The van der Waals surface area contributed by atoms with E-state index in [1.165, 1.54) is 11.1 Å². The minimum Gasteiger partial charge on any atom is -0.497 e. The number of hydrogen-bond acceptors (Lipinski definition) is 4. The molecule has 1 aliphatic rings. The maximum absolute atomic E-state index is 5.37. The van der Waals surface area contributed by atoms with Crippen molar-refractivity contribution in [2.75, 3.05) is 34.5 Å². The van der Waals surface area contributed by atoms with Gasteiger partial charge in [0.15, 0.2) is 0 Å². The molecule has 2 atom stereocenters. The van der Waals surface area contributed by atoms with Gasteiger partial charge in [0.25, 0.3) is 0 Å². The number of methoxy groups -OCH3 is 3. The lowest BCUT2D eigenvalue weighted by Crippen LogP contribution is -2.33. The summed E-state index contributed by atoms with van der Waals surface area (Å²) in [5.74, 6) is 0.924. The molecule has 4 heteroatoms. The number of ether oxygens (including phenoxy) is 3. The van der Waals surface area contributed by atoms with E-state index in [0.29, 0.717) is 12.6 Å². The maximum atomic E-state index is 5.37. The minimum absolute atomic E-state index is 0.0969. The highest BCUT2D eigenvalue weighted by Crippen LogP contribution is 2.33. The molecule has 2 unspecified atom stereocenters. The monoisotopic (exact) mass is 265 g/mol. The van der Waals surface area contributed by atoms with Crippen LogP contribution in [0.25, 0.3) is 0 Å². The average molecular weight is 265 g/mol. The number of fused-ring (bicyclic) bond motifs is 1. The zero-order chi connectivity index (χ0) is 13.7. The molecular weight excluding hydrogens is 242 g/mol. The third-order valence-corrected chi connectivity index (χ3v) is 3.71. The van der Waals surface area contributed by atoms with Crippen LogP contribution in [0.4, 0.5) is 0 Å². The second-order valence-corrected chi connectivity index (χ2v) is 4.88. The van der Waals surface area contributed by atoms with Gasteiger partial charge in [0, 0.05) is 26.8 Å². The Bertz CT molecular complexity index is 408. The first-order valence-corrected chi connectivity index (χ1v) is 6.70. The zero-order valence-electron chi connectivity index (χ0n) is 11.9. The molecule has 0 spiro atoms. The van der Waals surface area contributed by atoms with Crippen molar-refractivity contribution < 1.29 is 14.2 Å². The molecule has 19 heavy (non-hydrogen) atoms. The molecule has 1 N–H and O–H groups in total. The fraction of sp³-hybridized carbons (Fsp3) is 0.600. The molecule has 0 aliphatic heterocycles. The van der Waals surface area contributed by atoms with E-state index in [1.54, 1.807) is 21.3 Å². The molecule has 0 saturated carbocycles. The van der Waals surface area contributed by atoms with Crippen LogP contribution >= 0.6 is 0 Å². The van der Waals surface area contributed by atoms with Gasteiger partial charge in [0.2, 0.25) is 0 Å². The van der Waals surface area contributed by atoms with Crippen LogP contribution in [0.5, 0.6) is 5.75 Å². The molecule has 1 aliphatic carbocycles. The van der Waals surface area contributed by atoms with Crippen molar-refractivity contribution in [3.05, 3.63) is 29.3 Å². The molecule has 0 heterocycles. The summed E-state index contributed by atoms with van der Waals surface area (Å²) in [6.07, 6.45) is 2.35. The van der Waals surface area contributed by atoms with E-state index in [2.05, 4.69) is 17.4 Å². The van der Waals surface area contributed by atoms with E-state index in [1.807, 2.05) is 6.07 Å². The van der Waals surface area contributed by atoms with Gasteiger partial charge >= 0.3 is 0 Å². The average Bonchev–Trinajstić information content (AvgIpc) is 2.85. The van der Waals surface area contributed by atoms with E-state index in [9.17, 15) is 0 Å². The maximum Gasteiger partial charge on any atom is 0.119 e. The van der Waals surface area contributed by atoms with Gasteiger partial charge in [0.05, 0.1) is 19.8 Å². The topological polar surface area (TPSA) is 39.7 Å². The predicted octanol–water partition coefficient (Wildman–Crippen LogP) is 1.93. The Hall–Kier alpha value is -1.10. The Morgan fingerprint density at radius 1 is 1.32 bits per heavy atom. The first kappa shape index (κ1) is 14.3. The molecule has 0 radical (unpaired) electrons. The molecule has 0 bridgehead atoms. The molecule has 0 saturated heterocycles. The normalized spacial score (nSPS) is 19.2. The lowest BCUT2D eigenvalue weighted by atomic mass is 10.1. The lowest BCUT2D eigenvalue weighted by molar-refractivity contribution is 0.0273. The number of benzene rings is 1. The smallest absolute Gasteiger partial charge is 0.119 e. The second-order valence-electron chi connectivity index (χ2n) is 4.88. The molecular formula is C15H23NO3. The Morgan fingerprint density at radius 2 is 2.16 bits per heavy atom. The van der Waals surface area contributed by atoms with Crippen LogP contribution in [0.15, 0.2) is 18.2 Å². The number of rotatable bonds is 7. The van der Waals surface area contributed by atoms with Crippen molar-refractivity contribution in [2.24, 2.45) is 0 Å². The van der Waals surface area contributed by atoms with Gasteiger partial charge < -0.3 is 19.5 Å². The Balaban J connectivity index is 1.97. The highest BCUT2D eigenvalue weighted by atomic mass is 16.5. The van der Waals surface area contributed by atoms with E-state index in [-0.39, 0.29) is 6.10 Å². The Labute approximate surface area is 115 Å². The first-order chi connectivity index (χ1) is 9.28. The van der Waals surface area contributed by atoms with E-state index < -0.39 is 0 Å². The summed E-state index contributed by atoms with van der Waals surface area (Å²) in [4.78, 5) is 0. The van der Waals surface area contributed by atoms with Crippen molar-refractivity contribution >= 4 is 0 Å². The summed E-state index contributed by atoms with van der Waals surface area (Å²) in [5.41, 5.74) is 2.77. The van der Waals surface area contributed by atoms with Crippen LogP contribution in [0.3, 0.4) is 0 Å². The number of aryl methyl sites for hydroxylation is 1. The number of hydrogen-bond donors (Lipinski definition) is 1. The van der Waals surface area contributed by atoms with Crippen molar-refractivity contribution in [3.8, 4) is 5.75 Å². The minimum atomic E-state index is 0.0969. The van der Waals surface area contributed by atoms with E-state index in [4.69, 9.17) is 14.2 Å². The van der Waals surface area contributed by atoms with Gasteiger partial charge in [-0.2, -0.15) is 0 Å². The standard InChI is InChI=1S/C15H23NO3/c1-17-10-13(19-3)9-16-15-7-5-11-4-6-12(18-2)8-14(11)15/h4,6,8,13,15-16H,5,7,9-10H2,1-3H3. The zero-order valence-corrected chi connectivity index (χ0v) is 11.9. The largest absolute Gasteiger partial charge is 0.497 e. The summed E-state index contributed by atoms with van der Waals surface area (Å²) >= 11 is 0. The van der Waals surface area contributed by atoms with Gasteiger partial charge in [-0.1, -0.05) is 6.07 Å². The highest BCUT2D eigenvalue weighted by molar-refractivity contribution is 5.40. The molecule has 4 nitrogen and oxygen atoms in total. The molecule has 0 fully saturated rings. The Kier molecular flexibility index (Phi) is 5.19. The summed E-state index contributed by atoms with van der Waals surface area (Å²) in [6, 6.07) is 6.72. The first-order valence-electron chi connectivity index (χ1n) is 6.70. The van der Waals surface area contributed by atoms with Gasteiger partial charge in [-0.25, -0.2) is 0 Å². The summed E-state index contributed by atoms with van der Waals surface area (Å²) in [7, 11) is 5.12. The van der Waals surface area contributed by atoms with Crippen LogP contribution in [0.2, 0.25) is 0 Å². The Morgan fingerprint density at radius 3 is 2.84 bits per heavy atom. The van der Waals surface area contributed by atoms with E-state index >= 15 is 0 Å². The van der Waals surface area contributed by atoms with Crippen molar-refractivity contribution in [2.45, 2.75) is 25.0 Å². The molecule has 0 amide bonds. The second kappa shape index (κ2) is 6.89. The summed E-state index contributed by atoms with van der Waals surface area (Å²) in [5, 5.41) is 3.56. The van der Waals surface area contributed by atoms with Gasteiger partial charge in [-0.05, 0) is 36.1 Å². The molecule has 106 valence electrons. The third kappa shape index (κ3) is 3.47. The number of nitrogens with one attached hydrogen (secondary N) is 1. The summed E-state index contributed by atoms with van der Waals surface area (Å²) < 4.78 is 15.8. The quantitative estimate of drug-likeness (QED) is 0.818. The fourth-order valence-electron chi connectivity index (χ4n) is 2.59. The van der Waals surface area contributed by atoms with Crippen LogP contribution in [-0.4, -0.2) is 40.6 Å². The molecule has 1 aromatic carbocycles. The van der Waals surface area contributed by atoms with E-state index in [0.717, 1.165) is 25.1 Å². The molecule has 2 rings (SSSR count). The third-order valence-electron chi connectivity index (χ3n) is 3.71. The molecule has 1 aromatic rings. The van der Waals surface area contributed by atoms with Gasteiger partial charge in [-0.15, -0.1) is 0 Å². The van der Waals surface area contributed by atoms with Crippen molar-refractivity contribution in [1.29, 1.82) is 0 Å². The predicted molar refractivity (Wildman–Crippen MR) is 74.7 cm³/mol. The van der Waals surface area contributed by atoms with Crippen LogP contribution in [0.1, 0.15) is 23.6 Å². The van der Waals surface area contributed by atoms with Gasteiger partial charge in [-0.3, -0.25) is 0 Å².